The maximum atomic E-state index is 13.3. The number of carbonyl (C=O) groups is 5. The molecule has 0 spiro atoms. The number of aliphatic imine (C=N–C) groups is 1. The number of nitrogens with one attached hydrogen (secondary N) is 3. The zero-order chi connectivity index (χ0) is 28.8. The first-order valence-corrected chi connectivity index (χ1v) is 12.6. The van der Waals surface area contributed by atoms with E-state index in [9.17, 15) is 29.1 Å². The highest BCUT2D eigenvalue weighted by Crippen LogP contribution is 2.12. The lowest BCUT2D eigenvalue weighted by atomic mass is 10.00. The fraction of sp³-hybridized carbons (Fsp3) is 0.357. The number of hydrogen-bond donors (Lipinski definition) is 5. The lowest BCUT2D eigenvalue weighted by molar-refractivity contribution is -0.132. The molecule has 3 atom stereocenters. The van der Waals surface area contributed by atoms with Gasteiger partial charge in [0.05, 0.1) is 18.8 Å². The number of amides is 4. The van der Waals surface area contributed by atoms with E-state index in [1.165, 1.54) is 12.1 Å². The number of carbonyl (C=O) groups excluding carboxylic acids is 5. The molecule has 0 bridgehead atoms. The number of hydrogen-bond acceptors (Lipinski definition) is 7. The highest BCUT2D eigenvalue weighted by atomic mass is 16.3. The Morgan fingerprint density at radius 1 is 0.872 bits per heavy atom. The van der Waals surface area contributed by atoms with Crippen LogP contribution in [0.15, 0.2) is 59.6 Å². The van der Waals surface area contributed by atoms with Crippen LogP contribution in [0.1, 0.15) is 31.4 Å². The molecule has 0 radical (unpaired) electrons. The molecule has 11 heteroatoms. The van der Waals surface area contributed by atoms with Gasteiger partial charge in [0.25, 0.3) is 11.8 Å². The maximum Gasteiger partial charge on any atom is 0.263 e. The summed E-state index contributed by atoms with van der Waals surface area (Å²) in [4.78, 5) is 65.3. The molecule has 0 aromatic heterocycles. The van der Waals surface area contributed by atoms with Crippen LogP contribution in [-0.2, 0) is 36.8 Å². The second kappa shape index (κ2) is 15.8. The van der Waals surface area contributed by atoms with Crippen molar-refractivity contribution in [1.29, 1.82) is 0 Å². The lowest BCUT2D eigenvalue weighted by Gasteiger charge is -2.25. The molecule has 11 nitrogen and oxygen atoms in total. The number of aldehydes is 1. The van der Waals surface area contributed by atoms with Gasteiger partial charge in [0.15, 0.2) is 0 Å². The third-order valence-electron chi connectivity index (χ3n) is 5.64. The van der Waals surface area contributed by atoms with Gasteiger partial charge in [0, 0.05) is 6.42 Å². The lowest BCUT2D eigenvalue weighted by Crippen LogP contribution is -2.56. The van der Waals surface area contributed by atoms with Crippen molar-refractivity contribution in [1.82, 2.24) is 16.0 Å². The molecule has 0 aliphatic rings. The Morgan fingerprint density at radius 2 is 1.49 bits per heavy atom. The SMILES string of the molecule is CC(C)C[C@H](NC(=O)[C@H](Cc1ccccc1)NC(=O)C=NC(=O)CN)C(=O)N[C@H](C=O)Cc1ccc(O)cc1. The van der Waals surface area contributed by atoms with E-state index in [-0.39, 0.29) is 37.5 Å². The van der Waals surface area contributed by atoms with Crippen LogP contribution < -0.4 is 21.7 Å². The number of nitrogens with zero attached hydrogens (tertiary/aromatic N) is 1. The van der Waals surface area contributed by atoms with Crippen molar-refractivity contribution < 1.29 is 29.1 Å². The normalized spacial score (nSPS) is 13.3. The number of phenolic OH excluding ortho intramolecular Hbond substituents is 1. The summed E-state index contributed by atoms with van der Waals surface area (Å²) in [7, 11) is 0. The number of nitrogens with two attached hydrogens (primary N) is 1. The van der Waals surface area contributed by atoms with Crippen molar-refractivity contribution in [3.05, 3.63) is 65.7 Å². The summed E-state index contributed by atoms with van der Waals surface area (Å²) in [6.45, 7) is 3.40. The topological polar surface area (TPSA) is 180 Å². The molecule has 0 aliphatic carbocycles. The van der Waals surface area contributed by atoms with Crippen LogP contribution in [0.25, 0.3) is 0 Å². The predicted molar refractivity (Wildman–Crippen MR) is 146 cm³/mol. The molecule has 2 rings (SSSR count). The Morgan fingerprint density at radius 3 is 2.08 bits per heavy atom. The van der Waals surface area contributed by atoms with Crippen molar-refractivity contribution in [2.45, 2.75) is 51.2 Å². The Bertz CT molecular complexity index is 1150. The molecular weight excluding hydrogens is 502 g/mol. The van der Waals surface area contributed by atoms with Crippen LogP contribution in [0.3, 0.4) is 0 Å². The molecule has 4 amide bonds. The van der Waals surface area contributed by atoms with Crippen LogP contribution in [0, 0.1) is 5.92 Å². The van der Waals surface area contributed by atoms with Gasteiger partial charge in [-0.1, -0.05) is 56.3 Å². The third kappa shape index (κ3) is 11.3. The van der Waals surface area contributed by atoms with Gasteiger partial charge < -0.3 is 31.6 Å². The Kier molecular flexibility index (Phi) is 12.5. The van der Waals surface area contributed by atoms with Crippen molar-refractivity contribution >= 4 is 36.1 Å². The molecule has 39 heavy (non-hydrogen) atoms. The van der Waals surface area contributed by atoms with E-state index >= 15 is 0 Å². The Labute approximate surface area is 227 Å². The minimum absolute atomic E-state index is 0.0180. The quantitative estimate of drug-likeness (QED) is 0.171. The van der Waals surface area contributed by atoms with Crippen LogP contribution >= 0.6 is 0 Å². The monoisotopic (exact) mass is 537 g/mol. The van der Waals surface area contributed by atoms with Gasteiger partial charge in [-0.05, 0) is 42.0 Å². The minimum atomic E-state index is -1.08. The van der Waals surface area contributed by atoms with E-state index in [1.807, 2.05) is 19.9 Å². The number of rotatable bonds is 14. The molecule has 2 aromatic carbocycles. The number of benzene rings is 2. The summed E-state index contributed by atoms with van der Waals surface area (Å²) in [5, 5.41) is 17.4. The molecule has 0 saturated carbocycles. The fourth-order valence-electron chi connectivity index (χ4n) is 3.73. The maximum absolute atomic E-state index is 13.3. The van der Waals surface area contributed by atoms with Gasteiger partial charge in [0.1, 0.15) is 24.1 Å². The second-order valence-corrected chi connectivity index (χ2v) is 9.42. The zero-order valence-corrected chi connectivity index (χ0v) is 22.0. The van der Waals surface area contributed by atoms with E-state index in [0.717, 1.165) is 17.3 Å². The van der Waals surface area contributed by atoms with Crippen molar-refractivity contribution in [2.75, 3.05) is 6.54 Å². The highest BCUT2D eigenvalue weighted by molar-refractivity contribution is 6.28. The van der Waals surface area contributed by atoms with Crippen LogP contribution in [0.4, 0.5) is 0 Å². The molecule has 208 valence electrons. The number of aromatic hydroxyl groups is 1. The molecular formula is C28H35N5O6. The van der Waals surface area contributed by atoms with Gasteiger partial charge >= 0.3 is 0 Å². The first-order valence-electron chi connectivity index (χ1n) is 12.6. The molecule has 0 saturated heterocycles. The summed E-state index contributed by atoms with van der Waals surface area (Å²) in [5.74, 6) is -2.53. The number of phenols is 1. The van der Waals surface area contributed by atoms with Crippen LogP contribution in [-0.4, -0.2) is 65.9 Å². The van der Waals surface area contributed by atoms with Crippen LogP contribution in [0.5, 0.6) is 5.75 Å². The zero-order valence-electron chi connectivity index (χ0n) is 22.0. The Hall–Kier alpha value is -4.38. The van der Waals surface area contributed by atoms with E-state index in [4.69, 9.17) is 5.73 Å². The van der Waals surface area contributed by atoms with Gasteiger partial charge in [-0.15, -0.1) is 0 Å². The molecule has 2 aromatic rings. The van der Waals surface area contributed by atoms with E-state index in [1.54, 1.807) is 36.4 Å². The van der Waals surface area contributed by atoms with E-state index in [0.29, 0.717) is 6.29 Å². The van der Waals surface area contributed by atoms with Gasteiger partial charge in [-0.25, -0.2) is 4.99 Å². The van der Waals surface area contributed by atoms with Gasteiger partial charge in [-0.2, -0.15) is 0 Å². The van der Waals surface area contributed by atoms with E-state index < -0.39 is 41.8 Å². The predicted octanol–water partition coefficient (Wildman–Crippen LogP) is 0.433. The van der Waals surface area contributed by atoms with E-state index in [2.05, 4.69) is 20.9 Å². The highest BCUT2D eigenvalue weighted by Gasteiger charge is 2.28. The summed E-state index contributed by atoms with van der Waals surface area (Å²) in [6, 6.07) is 12.3. The second-order valence-electron chi connectivity index (χ2n) is 9.42. The Balaban J connectivity index is 2.17. The first kappa shape index (κ1) is 30.8. The van der Waals surface area contributed by atoms with Crippen LogP contribution in [0.2, 0.25) is 0 Å². The van der Waals surface area contributed by atoms with Crippen molar-refractivity contribution in [3.8, 4) is 5.75 Å². The molecule has 6 N–H and O–H groups in total. The summed E-state index contributed by atoms with van der Waals surface area (Å²) < 4.78 is 0. The molecule has 0 fully saturated rings. The smallest absolute Gasteiger partial charge is 0.263 e. The largest absolute Gasteiger partial charge is 0.508 e. The summed E-state index contributed by atoms with van der Waals surface area (Å²) in [6.07, 6.45) is 1.97. The standard InChI is InChI=1S/C28H35N5O6/c1-18(2)12-23(27(38)31-21(17-34)13-20-8-10-22(35)11-9-20)33-28(39)24(14-19-6-4-3-5-7-19)32-26(37)16-30-25(36)15-29/h3-11,16-18,21,23-24,35H,12-15,29H2,1-2H3,(H,31,38)(H,32,37)(H,33,39)/t21-,23-,24-/m0/s1. The van der Waals surface area contributed by atoms with Gasteiger partial charge in [0.2, 0.25) is 11.8 Å². The van der Waals surface area contributed by atoms with Crippen molar-refractivity contribution in [3.63, 3.8) is 0 Å². The fourth-order valence-corrected chi connectivity index (χ4v) is 3.73. The summed E-state index contributed by atoms with van der Waals surface area (Å²) in [5.41, 5.74) is 6.69. The average Bonchev–Trinajstić information content (AvgIpc) is 2.91. The summed E-state index contributed by atoms with van der Waals surface area (Å²) >= 11 is 0. The molecule has 0 aliphatic heterocycles. The molecule has 0 unspecified atom stereocenters. The van der Waals surface area contributed by atoms with Crippen molar-refractivity contribution in [2.24, 2.45) is 16.6 Å². The third-order valence-corrected chi connectivity index (χ3v) is 5.64. The molecule has 0 heterocycles. The first-order chi connectivity index (χ1) is 18.6. The minimum Gasteiger partial charge on any atom is -0.508 e. The van der Waals surface area contributed by atoms with Gasteiger partial charge in [-0.3, -0.25) is 19.2 Å². The average molecular weight is 538 g/mol.